The smallest absolute Gasteiger partial charge is 0.241 e. The second-order valence-corrected chi connectivity index (χ2v) is 5.73. The molecular weight excluding hydrogens is 318 g/mol. The first-order valence-corrected chi connectivity index (χ1v) is 7.99. The normalized spacial score (nSPS) is 11.7. The van der Waals surface area contributed by atoms with E-state index in [-0.39, 0.29) is 18.4 Å². The van der Waals surface area contributed by atoms with Crippen molar-refractivity contribution in [1.29, 1.82) is 0 Å². The minimum absolute atomic E-state index is 0.0978. The largest absolute Gasteiger partial charge is 0.497 e. The van der Waals surface area contributed by atoms with Crippen LogP contribution in [0.4, 0.5) is 11.4 Å². The molecule has 6 nitrogen and oxygen atoms in total. The molecule has 0 aliphatic carbocycles. The Balaban J connectivity index is 1.87. The van der Waals surface area contributed by atoms with E-state index in [1.165, 1.54) is 0 Å². The van der Waals surface area contributed by atoms with Gasteiger partial charge < -0.3 is 15.4 Å². The van der Waals surface area contributed by atoms with E-state index in [9.17, 15) is 9.59 Å². The lowest BCUT2D eigenvalue weighted by Crippen LogP contribution is -2.43. The molecular formula is C19H23N3O3. The van der Waals surface area contributed by atoms with Crippen LogP contribution >= 0.6 is 0 Å². The number of ether oxygens (including phenoxy) is 1. The summed E-state index contributed by atoms with van der Waals surface area (Å²) in [5.41, 5.74) is 1.38. The summed E-state index contributed by atoms with van der Waals surface area (Å²) in [5, 5.41) is 5.63. The van der Waals surface area contributed by atoms with E-state index in [2.05, 4.69) is 10.6 Å². The molecule has 0 fully saturated rings. The van der Waals surface area contributed by atoms with Gasteiger partial charge in [0.15, 0.2) is 0 Å². The van der Waals surface area contributed by atoms with Gasteiger partial charge in [-0.2, -0.15) is 0 Å². The number of nitrogens with one attached hydrogen (secondary N) is 2. The molecule has 0 spiro atoms. The highest BCUT2D eigenvalue weighted by atomic mass is 16.5. The number of hydrogen-bond donors (Lipinski definition) is 2. The molecule has 0 saturated heterocycles. The van der Waals surface area contributed by atoms with Gasteiger partial charge in [-0.05, 0) is 38.2 Å². The summed E-state index contributed by atoms with van der Waals surface area (Å²) >= 11 is 0. The van der Waals surface area contributed by atoms with Crippen molar-refractivity contribution in [3.8, 4) is 5.75 Å². The minimum Gasteiger partial charge on any atom is -0.497 e. The van der Waals surface area contributed by atoms with E-state index in [1.807, 2.05) is 30.3 Å². The van der Waals surface area contributed by atoms with E-state index < -0.39 is 6.04 Å². The SMILES string of the molecule is COc1cccc(NC(=O)CN(C)C(C)C(=O)Nc2ccccc2)c1. The molecule has 2 rings (SSSR count). The van der Waals surface area contributed by atoms with Crippen LogP contribution in [0.5, 0.6) is 5.75 Å². The molecule has 2 aromatic carbocycles. The zero-order chi connectivity index (χ0) is 18.2. The number of amides is 2. The Hall–Kier alpha value is -2.86. The number of anilines is 2. The lowest BCUT2D eigenvalue weighted by Gasteiger charge is -2.23. The maximum absolute atomic E-state index is 12.3. The van der Waals surface area contributed by atoms with Crippen LogP contribution in [0.25, 0.3) is 0 Å². The maximum atomic E-state index is 12.3. The van der Waals surface area contributed by atoms with Crippen LogP contribution in [0.2, 0.25) is 0 Å². The average molecular weight is 341 g/mol. The number of benzene rings is 2. The Morgan fingerprint density at radius 3 is 2.40 bits per heavy atom. The van der Waals surface area contributed by atoms with E-state index in [4.69, 9.17) is 4.74 Å². The number of carbonyl (C=O) groups excluding carboxylic acids is 2. The first kappa shape index (κ1) is 18.5. The first-order valence-electron chi connectivity index (χ1n) is 7.99. The van der Waals surface area contributed by atoms with E-state index in [0.717, 1.165) is 5.69 Å². The van der Waals surface area contributed by atoms with Crippen LogP contribution in [0, 0.1) is 0 Å². The molecule has 2 amide bonds. The number of carbonyl (C=O) groups is 2. The Bertz CT molecular complexity index is 719. The second kappa shape index (κ2) is 8.84. The van der Waals surface area contributed by atoms with Crippen molar-refractivity contribution in [2.75, 3.05) is 31.3 Å². The van der Waals surface area contributed by atoms with E-state index in [0.29, 0.717) is 11.4 Å². The summed E-state index contributed by atoms with van der Waals surface area (Å²) in [4.78, 5) is 26.1. The quantitative estimate of drug-likeness (QED) is 0.812. The standard InChI is InChI=1S/C19H23N3O3/c1-14(19(24)21-15-8-5-4-6-9-15)22(2)13-18(23)20-16-10-7-11-17(12-16)25-3/h4-12,14H,13H2,1-3H3,(H,20,23)(H,21,24). The zero-order valence-electron chi connectivity index (χ0n) is 14.7. The number of para-hydroxylation sites is 1. The molecule has 0 heterocycles. The number of methoxy groups -OCH3 is 1. The molecule has 0 radical (unpaired) electrons. The van der Waals surface area contributed by atoms with Crippen LogP contribution in [-0.2, 0) is 9.59 Å². The molecule has 25 heavy (non-hydrogen) atoms. The van der Waals surface area contributed by atoms with E-state index in [1.54, 1.807) is 50.2 Å². The fourth-order valence-corrected chi connectivity index (χ4v) is 2.23. The third kappa shape index (κ3) is 5.61. The third-order valence-electron chi connectivity index (χ3n) is 3.83. The van der Waals surface area contributed by atoms with Crippen molar-refractivity contribution in [2.24, 2.45) is 0 Å². The molecule has 1 unspecified atom stereocenters. The van der Waals surface area contributed by atoms with Crippen LogP contribution in [0.1, 0.15) is 6.92 Å². The van der Waals surface area contributed by atoms with Crippen LogP contribution in [-0.4, -0.2) is 43.5 Å². The highest BCUT2D eigenvalue weighted by molar-refractivity contribution is 5.96. The van der Waals surface area contributed by atoms with Gasteiger partial charge in [-0.25, -0.2) is 0 Å². The summed E-state index contributed by atoms with van der Waals surface area (Å²) in [5.74, 6) is 0.305. The molecule has 0 bridgehead atoms. The first-order chi connectivity index (χ1) is 12.0. The van der Waals surface area contributed by atoms with Crippen LogP contribution in [0.3, 0.4) is 0 Å². The van der Waals surface area contributed by atoms with Gasteiger partial charge in [-0.3, -0.25) is 14.5 Å². The highest BCUT2D eigenvalue weighted by Crippen LogP contribution is 2.16. The van der Waals surface area contributed by atoms with Crippen molar-refractivity contribution in [1.82, 2.24) is 4.90 Å². The highest BCUT2D eigenvalue weighted by Gasteiger charge is 2.20. The Kier molecular flexibility index (Phi) is 6.54. The Labute approximate surface area is 147 Å². The minimum atomic E-state index is -0.448. The number of nitrogens with zero attached hydrogens (tertiary/aromatic N) is 1. The summed E-state index contributed by atoms with van der Waals surface area (Å²) in [7, 11) is 3.31. The van der Waals surface area contributed by atoms with Crippen molar-refractivity contribution >= 4 is 23.2 Å². The topological polar surface area (TPSA) is 70.7 Å². The molecule has 0 aliphatic rings. The predicted octanol–water partition coefficient (Wildman–Crippen LogP) is 2.59. The predicted molar refractivity (Wildman–Crippen MR) is 98.8 cm³/mol. The number of hydrogen-bond acceptors (Lipinski definition) is 4. The molecule has 0 aromatic heterocycles. The van der Waals surface area contributed by atoms with E-state index >= 15 is 0 Å². The van der Waals surface area contributed by atoms with Crippen molar-refractivity contribution in [2.45, 2.75) is 13.0 Å². The lowest BCUT2D eigenvalue weighted by molar-refractivity contribution is -0.122. The average Bonchev–Trinajstić information content (AvgIpc) is 2.61. The molecule has 132 valence electrons. The van der Waals surface area contributed by atoms with Gasteiger partial charge in [0.25, 0.3) is 0 Å². The Morgan fingerprint density at radius 1 is 1.04 bits per heavy atom. The zero-order valence-corrected chi connectivity index (χ0v) is 14.7. The second-order valence-electron chi connectivity index (χ2n) is 5.73. The summed E-state index contributed by atoms with van der Waals surface area (Å²) in [6, 6.07) is 15.9. The van der Waals surface area contributed by atoms with Gasteiger partial charge in [0.1, 0.15) is 5.75 Å². The van der Waals surface area contributed by atoms with Crippen LogP contribution in [0.15, 0.2) is 54.6 Å². The van der Waals surface area contributed by atoms with Crippen molar-refractivity contribution < 1.29 is 14.3 Å². The monoisotopic (exact) mass is 341 g/mol. The Morgan fingerprint density at radius 2 is 1.72 bits per heavy atom. The summed E-state index contributed by atoms with van der Waals surface area (Å²) in [6.07, 6.45) is 0. The van der Waals surface area contributed by atoms with Gasteiger partial charge in [0, 0.05) is 17.4 Å². The molecule has 6 heteroatoms. The molecule has 2 N–H and O–H groups in total. The molecule has 1 atom stereocenters. The van der Waals surface area contributed by atoms with Crippen molar-refractivity contribution in [3.05, 3.63) is 54.6 Å². The van der Waals surface area contributed by atoms with Crippen molar-refractivity contribution in [3.63, 3.8) is 0 Å². The fourth-order valence-electron chi connectivity index (χ4n) is 2.23. The molecule has 0 aliphatic heterocycles. The van der Waals surface area contributed by atoms with Gasteiger partial charge in [0.05, 0.1) is 19.7 Å². The lowest BCUT2D eigenvalue weighted by atomic mass is 10.2. The molecule has 2 aromatic rings. The van der Waals surface area contributed by atoms with Crippen LogP contribution < -0.4 is 15.4 Å². The fraction of sp³-hybridized carbons (Fsp3) is 0.263. The van der Waals surface area contributed by atoms with Gasteiger partial charge in [0.2, 0.25) is 11.8 Å². The third-order valence-corrected chi connectivity index (χ3v) is 3.83. The molecule has 0 saturated carbocycles. The van der Waals surface area contributed by atoms with Gasteiger partial charge >= 0.3 is 0 Å². The summed E-state index contributed by atoms with van der Waals surface area (Å²) < 4.78 is 5.13. The number of rotatable bonds is 7. The summed E-state index contributed by atoms with van der Waals surface area (Å²) in [6.45, 7) is 1.86. The van der Waals surface area contributed by atoms with Gasteiger partial charge in [-0.1, -0.05) is 24.3 Å². The number of likely N-dealkylation sites (N-methyl/N-ethyl adjacent to an activating group) is 1. The maximum Gasteiger partial charge on any atom is 0.241 e. The van der Waals surface area contributed by atoms with Gasteiger partial charge in [-0.15, -0.1) is 0 Å².